The summed E-state index contributed by atoms with van der Waals surface area (Å²) >= 11 is 0. The van der Waals surface area contributed by atoms with Gasteiger partial charge in [-0.1, -0.05) is 46.0 Å². The maximum atomic E-state index is 13.1. The van der Waals surface area contributed by atoms with E-state index in [2.05, 4.69) is 56.0 Å². The normalized spacial score (nSPS) is 13.4. The van der Waals surface area contributed by atoms with Gasteiger partial charge in [-0.25, -0.2) is 4.39 Å². The highest BCUT2D eigenvalue weighted by molar-refractivity contribution is 6.87. The van der Waals surface area contributed by atoms with Crippen LogP contribution in [0.25, 0.3) is 0 Å². The summed E-state index contributed by atoms with van der Waals surface area (Å²) in [6.07, 6.45) is 0.240. The quantitative estimate of drug-likeness (QED) is 0.454. The van der Waals surface area contributed by atoms with Crippen molar-refractivity contribution in [3.05, 3.63) is 35.6 Å². The van der Waals surface area contributed by atoms with Crippen LogP contribution in [-0.4, -0.2) is 37.9 Å². The number of hydrogen-bond donors (Lipinski definition) is 3. The third-order valence-corrected chi connectivity index (χ3v) is 9.84. The SMILES string of the molecule is CC(=O)N[C@@H](Cc1ccc(F)cc1)C(=O)N[C@H](CC#C[Si](C)(C)C(C)(C)C)C(N)=O. The number of amides is 3. The first-order chi connectivity index (χ1) is 13.7. The van der Waals surface area contributed by atoms with Crippen molar-refractivity contribution in [3.8, 4) is 11.5 Å². The minimum absolute atomic E-state index is 0.0666. The molecule has 1 rings (SSSR count). The maximum Gasteiger partial charge on any atom is 0.243 e. The van der Waals surface area contributed by atoms with E-state index in [4.69, 9.17) is 5.73 Å². The van der Waals surface area contributed by atoms with Gasteiger partial charge >= 0.3 is 0 Å². The molecule has 0 saturated heterocycles. The van der Waals surface area contributed by atoms with Crippen LogP contribution in [0.5, 0.6) is 0 Å². The molecule has 0 bridgehead atoms. The molecule has 1 aromatic carbocycles. The molecule has 6 nitrogen and oxygen atoms in total. The zero-order chi connectivity index (χ0) is 23.1. The highest BCUT2D eigenvalue weighted by Crippen LogP contribution is 2.35. The smallest absolute Gasteiger partial charge is 0.243 e. The Morgan fingerprint density at radius 2 is 1.67 bits per heavy atom. The highest BCUT2D eigenvalue weighted by Gasteiger charge is 2.33. The van der Waals surface area contributed by atoms with Gasteiger partial charge < -0.3 is 16.4 Å². The fourth-order valence-corrected chi connectivity index (χ4v) is 3.29. The van der Waals surface area contributed by atoms with Crippen LogP contribution >= 0.6 is 0 Å². The Morgan fingerprint density at radius 3 is 2.13 bits per heavy atom. The molecule has 0 spiro atoms. The molecule has 0 unspecified atom stereocenters. The summed E-state index contributed by atoms with van der Waals surface area (Å²) < 4.78 is 13.1. The lowest BCUT2D eigenvalue weighted by atomic mass is 10.0. The fraction of sp³-hybridized carbons (Fsp3) is 0.500. The monoisotopic (exact) mass is 433 g/mol. The van der Waals surface area contributed by atoms with Crippen LogP contribution in [0.2, 0.25) is 18.1 Å². The third kappa shape index (κ3) is 7.99. The lowest BCUT2D eigenvalue weighted by Crippen LogP contribution is -2.53. The lowest BCUT2D eigenvalue weighted by molar-refractivity contribution is -0.130. The number of halogens is 1. The maximum absolute atomic E-state index is 13.1. The molecular formula is C22H32FN3O3Si. The molecule has 8 heteroatoms. The number of benzene rings is 1. The van der Waals surface area contributed by atoms with Crippen molar-refractivity contribution in [1.29, 1.82) is 0 Å². The second-order valence-corrected chi connectivity index (χ2v) is 13.9. The number of carbonyl (C=O) groups is 3. The molecule has 0 aromatic heterocycles. The molecule has 30 heavy (non-hydrogen) atoms. The van der Waals surface area contributed by atoms with E-state index >= 15 is 0 Å². The van der Waals surface area contributed by atoms with Gasteiger partial charge in [0, 0.05) is 19.8 Å². The molecule has 4 N–H and O–H groups in total. The number of nitrogens with one attached hydrogen (secondary N) is 2. The fourth-order valence-electron chi connectivity index (χ4n) is 2.37. The lowest BCUT2D eigenvalue weighted by Gasteiger charge is -2.31. The van der Waals surface area contributed by atoms with E-state index in [0.29, 0.717) is 5.56 Å². The molecule has 0 aliphatic heterocycles. The third-order valence-electron chi connectivity index (χ3n) is 5.29. The molecule has 0 saturated carbocycles. The molecule has 0 aliphatic rings. The Bertz CT molecular complexity index is 836. The standard InChI is InChI=1S/C22H32FN3O3Si/c1-15(27)25-19(14-16-9-11-17(23)12-10-16)21(29)26-18(20(24)28)8-7-13-30(5,6)22(2,3)4/h9-12,18-19H,8,14H2,1-6H3,(H2,24,28)(H,25,27)(H,26,29)/t18-,19+/m1/s1. The van der Waals surface area contributed by atoms with Gasteiger partial charge in [-0.05, 0) is 22.7 Å². The highest BCUT2D eigenvalue weighted by atomic mass is 28.3. The number of nitrogens with two attached hydrogens (primary N) is 1. The van der Waals surface area contributed by atoms with Crippen molar-refractivity contribution in [2.24, 2.45) is 5.73 Å². The van der Waals surface area contributed by atoms with Crippen LogP contribution < -0.4 is 16.4 Å². The van der Waals surface area contributed by atoms with E-state index in [1.54, 1.807) is 0 Å². The van der Waals surface area contributed by atoms with Gasteiger partial charge in [0.25, 0.3) is 0 Å². The number of rotatable bonds is 7. The van der Waals surface area contributed by atoms with Crippen LogP contribution in [0.15, 0.2) is 24.3 Å². The first kappa shape index (κ1) is 25.4. The summed E-state index contributed by atoms with van der Waals surface area (Å²) in [4.78, 5) is 36.1. The summed E-state index contributed by atoms with van der Waals surface area (Å²) in [7, 11) is -1.86. The predicted octanol–water partition coefficient (Wildman–Crippen LogP) is 2.28. The van der Waals surface area contributed by atoms with E-state index < -0.39 is 43.7 Å². The minimum Gasteiger partial charge on any atom is -0.368 e. The van der Waals surface area contributed by atoms with Gasteiger partial charge in [0.15, 0.2) is 0 Å². The second-order valence-electron chi connectivity index (χ2n) is 8.93. The molecule has 1 aromatic rings. The molecule has 3 amide bonds. The van der Waals surface area contributed by atoms with Gasteiger partial charge in [-0.2, -0.15) is 0 Å². The Hall–Kier alpha value is -2.66. The van der Waals surface area contributed by atoms with E-state index in [9.17, 15) is 18.8 Å². The Balaban J connectivity index is 2.93. The molecule has 0 radical (unpaired) electrons. The summed E-state index contributed by atoms with van der Waals surface area (Å²) in [6, 6.07) is 3.73. The minimum atomic E-state index is -1.86. The van der Waals surface area contributed by atoms with Crippen molar-refractivity contribution >= 4 is 25.8 Å². The van der Waals surface area contributed by atoms with Crippen LogP contribution in [0, 0.1) is 17.3 Å². The zero-order valence-electron chi connectivity index (χ0n) is 18.6. The van der Waals surface area contributed by atoms with Gasteiger partial charge in [-0.3, -0.25) is 14.4 Å². The predicted molar refractivity (Wildman–Crippen MR) is 118 cm³/mol. The second kappa shape index (κ2) is 10.4. The van der Waals surface area contributed by atoms with Gasteiger partial charge in [0.2, 0.25) is 17.7 Å². The van der Waals surface area contributed by atoms with Gasteiger partial charge in [-0.15, -0.1) is 11.5 Å². The van der Waals surface area contributed by atoms with Crippen molar-refractivity contribution in [1.82, 2.24) is 10.6 Å². The molecule has 0 heterocycles. The molecule has 2 atom stereocenters. The number of primary amides is 1. The average Bonchev–Trinajstić information content (AvgIpc) is 2.60. The van der Waals surface area contributed by atoms with Crippen LogP contribution in [-0.2, 0) is 20.8 Å². The Morgan fingerprint density at radius 1 is 1.10 bits per heavy atom. The molecule has 164 valence electrons. The average molecular weight is 434 g/mol. The van der Waals surface area contributed by atoms with Crippen LogP contribution in [0.4, 0.5) is 4.39 Å². The van der Waals surface area contributed by atoms with Crippen LogP contribution in [0.3, 0.4) is 0 Å². The first-order valence-electron chi connectivity index (χ1n) is 9.84. The summed E-state index contributed by atoms with van der Waals surface area (Å²) in [5, 5.41) is 5.22. The van der Waals surface area contributed by atoms with Crippen molar-refractivity contribution in [3.63, 3.8) is 0 Å². The Kier molecular flexibility index (Phi) is 8.79. The number of carbonyl (C=O) groups excluding carboxylic acids is 3. The topological polar surface area (TPSA) is 101 Å². The molecular weight excluding hydrogens is 401 g/mol. The zero-order valence-corrected chi connectivity index (χ0v) is 19.6. The molecule has 0 aliphatic carbocycles. The summed E-state index contributed by atoms with van der Waals surface area (Å²) in [5.41, 5.74) is 9.41. The molecule has 0 fully saturated rings. The van der Waals surface area contributed by atoms with Crippen molar-refractivity contribution in [2.75, 3.05) is 0 Å². The Labute approximate surface area is 179 Å². The largest absolute Gasteiger partial charge is 0.368 e. The summed E-state index contributed by atoms with van der Waals surface area (Å²) in [6.45, 7) is 12.0. The van der Waals surface area contributed by atoms with Crippen molar-refractivity contribution < 1.29 is 18.8 Å². The van der Waals surface area contributed by atoms with Gasteiger partial charge in [0.05, 0.1) is 0 Å². The van der Waals surface area contributed by atoms with E-state index in [0.717, 1.165) is 0 Å². The van der Waals surface area contributed by atoms with Crippen LogP contribution in [0.1, 0.15) is 39.7 Å². The van der Waals surface area contributed by atoms with E-state index in [1.807, 2.05) is 0 Å². The van der Waals surface area contributed by atoms with Crippen molar-refractivity contribution in [2.45, 2.75) is 70.8 Å². The number of hydrogen-bond acceptors (Lipinski definition) is 3. The van der Waals surface area contributed by atoms with Gasteiger partial charge in [0.1, 0.15) is 26.0 Å². The van der Waals surface area contributed by atoms with E-state index in [1.165, 1.54) is 31.2 Å². The summed E-state index contributed by atoms with van der Waals surface area (Å²) in [5.74, 6) is 0.983. The first-order valence-corrected chi connectivity index (χ1v) is 12.8. The van der Waals surface area contributed by atoms with E-state index in [-0.39, 0.29) is 17.9 Å².